The van der Waals surface area contributed by atoms with Crippen LogP contribution in [0.1, 0.15) is 18.5 Å². The minimum Gasteiger partial charge on any atom is -0.492 e. The van der Waals surface area contributed by atoms with Crippen LogP contribution in [0.2, 0.25) is 5.02 Å². The summed E-state index contributed by atoms with van der Waals surface area (Å²) in [6, 6.07) is 10.1. The molecule has 0 saturated carbocycles. The topological polar surface area (TPSA) is 34.1 Å². The van der Waals surface area contributed by atoms with Gasteiger partial charge in [-0.05, 0) is 43.8 Å². The Hall–Kier alpha value is -1.23. The zero-order chi connectivity index (χ0) is 15.1. The predicted molar refractivity (Wildman–Crippen MR) is 89.4 cm³/mol. The van der Waals surface area contributed by atoms with E-state index in [4.69, 9.17) is 16.3 Å². The third-order valence-electron chi connectivity index (χ3n) is 3.01. The number of aromatic nitrogens is 1. The Bertz CT molecular complexity index is 580. The van der Waals surface area contributed by atoms with Gasteiger partial charge >= 0.3 is 0 Å². The first kappa shape index (κ1) is 16.1. The van der Waals surface area contributed by atoms with Crippen molar-refractivity contribution in [1.82, 2.24) is 10.3 Å². The number of pyridine rings is 1. The van der Waals surface area contributed by atoms with Gasteiger partial charge < -0.3 is 10.1 Å². The summed E-state index contributed by atoms with van der Waals surface area (Å²) in [5.74, 6) is 1.71. The molecule has 0 amide bonds. The van der Waals surface area contributed by atoms with E-state index in [1.54, 1.807) is 18.0 Å². The minimum absolute atomic E-state index is 0.210. The quantitative estimate of drug-likeness (QED) is 0.775. The van der Waals surface area contributed by atoms with Gasteiger partial charge in [-0.1, -0.05) is 17.7 Å². The summed E-state index contributed by atoms with van der Waals surface area (Å²) >= 11 is 7.78. The Morgan fingerprint density at radius 3 is 2.90 bits per heavy atom. The van der Waals surface area contributed by atoms with Crippen LogP contribution in [-0.2, 0) is 0 Å². The van der Waals surface area contributed by atoms with Crippen molar-refractivity contribution in [3.63, 3.8) is 0 Å². The largest absolute Gasteiger partial charge is 0.492 e. The van der Waals surface area contributed by atoms with Crippen LogP contribution in [-0.4, -0.2) is 24.4 Å². The molecule has 0 radical (unpaired) electrons. The molecule has 2 rings (SSSR count). The Kier molecular flexibility index (Phi) is 6.36. The van der Waals surface area contributed by atoms with Gasteiger partial charge in [-0.15, -0.1) is 11.8 Å². The summed E-state index contributed by atoms with van der Waals surface area (Å²) in [6.45, 7) is 2.61. The zero-order valence-corrected chi connectivity index (χ0v) is 13.7. The highest BCUT2D eigenvalue weighted by Gasteiger charge is 2.11. The first-order chi connectivity index (χ1) is 10.2. The number of nitrogens with one attached hydrogen (secondary N) is 1. The molecule has 1 aromatic heterocycles. The monoisotopic (exact) mass is 322 g/mol. The molecule has 112 valence electrons. The Labute approximate surface area is 135 Å². The second kappa shape index (κ2) is 8.27. The number of thioether (sulfide) groups is 1. The summed E-state index contributed by atoms with van der Waals surface area (Å²) in [5, 5.41) is 4.09. The van der Waals surface area contributed by atoms with Crippen molar-refractivity contribution in [1.29, 1.82) is 0 Å². The van der Waals surface area contributed by atoms with Crippen molar-refractivity contribution in [2.75, 3.05) is 19.4 Å². The van der Waals surface area contributed by atoms with Gasteiger partial charge in [-0.3, -0.25) is 4.98 Å². The molecule has 0 aliphatic rings. The molecular weight excluding hydrogens is 304 g/mol. The molecule has 1 unspecified atom stereocenters. The lowest BCUT2D eigenvalue weighted by Crippen LogP contribution is -2.19. The van der Waals surface area contributed by atoms with Crippen molar-refractivity contribution < 1.29 is 4.74 Å². The van der Waals surface area contributed by atoms with Crippen LogP contribution in [0.15, 0.2) is 47.6 Å². The average Bonchev–Trinajstić information content (AvgIpc) is 2.49. The molecular formula is C16H19ClN2OS. The number of ether oxygens (including phenoxy) is 1. The maximum Gasteiger partial charge on any atom is 0.137 e. The Morgan fingerprint density at radius 1 is 1.33 bits per heavy atom. The van der Waals surface area contributed by atoms with Crippen molar-refractivity contribution in [3.8, 4) is 5.75 Å². The Balaban J connectivity index is 2.04. The highest BCUT2D eigenvalue weighted by atomic mass is 35.5. The van der Waals surface area contributed by atoms with Crippen LogP contribution in [0.3, 0.4) is 0 Å². The maximum atomic E-state index is 6.01. The summed E-state index contributed by atoms with van der Waals surface area (Å²) in [7, 11) is 1.95. The fraction of sp³-hybridized carbons (Fsp3) is 0.312. The molecule has 2 aromatic rings. The third kappa shape index (κ3) is 4.92. The van der Waals surface area contributed by atoms with E-state index in [-0.39, 0.29) is 6.04 Å². The molecule has 0 spiro atoms. The molecule has 0 bridgehead atoms. The molecule has 0 saturated heterocycles. The first-order valence-corrected chi connectivity index (χ1v) is 8.22. The molecule has 3 nitrogen and oxygen atoms in total. The van der Waals surface area contributed by atoms with Crippen LogP contribution in [0, 0.1) is 0 Å². The van der Waals surface area contributed by atoms with Gasteiger partial charge in [0.1, 0.15) is 5.75 Å². The molecule has 1 heterocycles. The molecule has 1 aromatic carbocycles. The van der Waals surface area contributed by atoms with Crippen LogP contribution < -0.4 is 10.1 Å². The predicted octanol–water partition coefficient (Wildman–Crippen LogP) is 4.19. The van der Waals surface area contributed by atoms with E-state index in [1.165, 1.54) is 0 Å². The normalized spacial score (nSPS) is 12.1. The lowest BCUT2D eigenvalue weighted by molar-refractivity contribution is 0.338. The average molecular weight is 323 g/mol. The van der Waals surface area contributed by atoms with Gasteiger partial charge in [-0.25, -0.2) is 0 Å². The second-order valence-corrected chi connectivity index (χ2v) is 6.03. The van der Waals surface area contributed by atoms with E-state index in [9.17, 15) is 0 Å². The van der Waals surface area contributed by atoms with Crippen molar-refractivity contribution in [3.05, 3.63) is 53.3 Å². The summed E-state index contributed by atoms with van der Waals surface area (Å²) in [6.07, 6.45) is 3.62. The lowest BCUT2D eigenvalue weighted by Gasteiger charge is -2.17. The zero-order valence-electron chi connectivity index (χ0n) is 12.2. The highest BCUT2D eigenvalue weighted by molar-refractivity contribution is 7.99. The van der Waals surface area contributed by atoms with E-state index >= 15 is 0 Å². The van der Waals surface area contributed by atoms with Gasteiger partial charge in [0.2, 0.25) is 0 Å². The minimum atomic E-state index is 0.210. The van der Waals surface area contributed by atoms with Crippen LogP contribution in [0.4, 0.5) is 0 Å². The van der Waals surface area contributed by atoms with Gasteiger partial charge in [-0.2, -0.15) is 0 Å². The van der Waals surface area contributed by atoms with Crippen LogP contribution >= 0.6 is 23.4 Å². The van der Waals surface area contributed by atoms with Gasteiger partial charge in [0, 0.05) is 27.9 Å². The standard InChI is InChI=1S/C16H19ClN2OS/c1-3-20-14-7-12(9-19-10-14)16(18-2)11-21-15-6-4-5-13(17)8-15/h4-10,16,18H,3,11H2,1-2H3. The SMILES string of the molecule is CCOc1cncc(C(CSc2cccc(Cl)c2)NC)c1. The summed E-state index contributed by atoms with van der Waals surface area (Å²) in [5.41, 5.74) is 1.12. The van der Waals surface area contributed by atoms with Crippen molar-refractivity contribution >= 4 is 23.4 Å². The van der Waals surface area contributed by atoms with Gasteiger partial charge in [0.25, 0.3) is 0 Å². The third-order valence-corrected chi connectivity index (χ3v) is 4.33. The second-order valence-electron chi connectivity index (χ2n) is 4.50. The summed E-state index contributed by atoms with van der Waals surface area (Å²) < 4.78 is 5.51. The fourth-order valence-corrected chi connectivity index (χ4v) is 3.31. The maximum absolute atomic E-state index is 6.01. The van der Waals surface area contributed by atoms with Crippen LogP contribution in [0.5, 0.6) is 5.75 Å². The van der Waals surface area contributed by atoms with Gasteiger partial charge in [0.05, 0.1) is 12.8 Å². The molecule has 1 N–H and O–H groups in total. The summed E-state index contributed by atoms with van der Waals surface area (Å²) in [4.78, 5) is 5.41. The van der Waals surface area contributed by atoms with E-state index < -0.39 is 0 Å². The smallest absolute Gasteiger partial charge is 0.137 e. The fourth-order valence-electron chi connectivity index (χ4n) is 1.95. The number of nitrogens with zero attached hydrogens (tertiary/aromatic N) is 1. The van der Waals surface area contributed by atoms with E-state index in [0.717, 1.165) is 27.0 Å². The van der Waals surface area contributed by atoms with Crippen LogP contribution in [0.25, 0.3) is 0 Å². The number of rotatable bonds is 7. The van der Waals surface area contributed by atoms with Crippen molar-refractivity contribution in [2.24, 2.45) is 0 Å². The number of halogens is 1. The lowest BCUT2D eigenvalue weighted by atomic mass is 10.1. The van der Waals surface area contributed by atoms with Gasteiger partial charge in [0.15, 0.2) is 0 Å². The Morgan fingerprint density at radius 2 is 2.19 bits per heavy atom. The highest BCUT2D eigenvalue weighted by Crippen LogP contribution is 2.27. The molecule has 0 fully saturated rings. The number of hydrogen-bond acceptors (Lipinski definition) is 4. The number of benzene rings is 1. The number of hydrogen-bond donors (Lipinski definition) is 1. The molecule has 0 aliphatic carbocycles. The van der Waals surface area contributed by atoms with E-state index in [1.807, 2.05) is 44.4 Å². The first-order valence-electron chi connectivity index (χ1n) is 6.86. The molecule has 5 heteroatoms. The molecule has 21 heavy (non-hydrogen) atoms. The van der Waals surface area contributed by atoms with E-state index in [0.29, 0.717) is 6.61 Å². The molecule has 1 atom stereocenters. The molecule has 0 aliphatic heterocycles. The van der Waals surface area contributed by atoms with E-state index in [2.05, 4.69) is 16.4 Å². The van der Waals surface area contributed by atoms with Crippen molar-refractivity contribution in [2.45, 2.75) is 17.9 Å².